The zero-order chi connectivity index (χ0) is 14.8. The third kappa shape index (κ3) is 2.69. The number of imidazole rings is 1. The smallest absolute Gasteiger partial charge is 0.201 e. The Kier molecular flexibility index (Phi) is 3.98. The van der Waals surface area contributed by atoms with Crippen molar-refractivity contribution in [3.8, 4) is 5.75 Å². The first-order chi connectivity index (χ1) is 10.2. The molecule has 1 aromatic heterocycles. The monoisotopic (exact) mass is 290 g/mol. The highest BCUT2D eigenvalue weighted by molar-refractivity contribution is 5.84. The van der Waals surface area contributed by atoms with E-state index in [1.165, 1.54) is 0 Å². The maximum Gasteiger partial charge on any atom is 0.201 e. The highest BCUT2D eigenvalue weighted by Crippen LogP contribution is 2.27. The molecule has 6 heteroatoms. The SMILES string of the molecule is CCN1CCOC(Cn2c(N)nc3c(OC)cccc32)C1. The van der Waals surface area contributed by atoms with Crippen molar-refractivity contribution in [2.45, 2.75) is 19.6 Å². The van der Waals surface area contributed by atoms with Crippen molar-refractivity contribution in [3.63, 3.8) is 0 Å². The van der Waals surface area contributed by atoms with Gasteiger partial charge in [-0.3, -0.25) is 4.90 Å². The van der Waals surface area contributed by atoms with E-state index >= 15 is 0 Å². The zero-order valence-electron chi connectivity index (χ0n) is 12.6. The third-order valence-corrected chi connectivity index (χ3v) is 4.05. The van der Waals surface area contributed by atoms with E-state index in [0.29, 0.717) is 12.5 Å². The number of hydrogen-bond donors (Lipinski definition) is 1. The van der Waals surface area contributed by atoms with Crippen molar-refractivity contribution < 1.29 is 9.47 Å². The molecule has 6 nitrogen and oxygen atoms in total. The number of fused-ring (bicyclic) bond motifs is 1. The van der Waals surface area contributed by atoms with Crippen LogP contribution in [0.15, 0.2) is 18.2 Å². The molecule has 1 saturated heterocycles. The van der Waals surface area contributed by atoms with Gasteiger partial charge in [0.1, 0.15) is 11.3 Å². The van der Waals surface area contributed by atoms with Crippen LogP contribution >= 0.6 is 0 Å². The van der Waals surface area contributed by atoms with Crippen LogP contribution in [0.3, 0.4) is 0 Å². The number of anilines is 1. The van der Waals surface area contributed by atoms with Gasteiger partial charge in [-0.15, -0.1) is 0 Å². The predicted molar refractivity (Wildman–Crippen MR) is 82.6 cm³/mol. The predicted octanol–water partition coefficient (Wildman–Crippen LogP) is 1.35. The molecule has 2 aromatic rings. The minimum atomic E-state index is 0.143. The van der Waals surface area contributed by atoms with Crippen LogP contribution in [0.4, 0.5) is 5.95 Å². The normalized spacial score (nSPS) is 20.0. The minimum absolute atomic E-state index is 0.143. The van der Waals surface area contributed by atoms with Gasteiger partial charge in [0.25, 0.3) is 0 Å². The maximum absolute atomic E-state index is 6.09. The number of likely N-dealkylation sites (N-methyl/N-ethyl adjacent to an activating group) is 1. The Bertz CT molecular complexity index is 625. The lowest BCUT2D eigenvalue weighted by Crippen LogP contribution is -2.44. The van der Waals surface area contributed by atoms with Crippen LogP contribution in [0.5, 0.6) is 5.75 Å². The van der Waals surface area contributed by atoms with E-state index in [4.69, 9.17) is 15.2 Å². The lowest BCUT2D eigenvalue weighted by atomic mass is 10.2. The third-order valence-electron chi connectivity index (χ3n) is 4.05. The van der Waals surface area contributed by atoms with Gasteiger partial charge in [-0.1, -0.05) is 13.0 Å². The second kappa shape index (κ2) is 5.91. The lowest BCUT2D eigenvalue weighted by Gasteiger charge is -2.32. The molecule has 0 spiro atoms. The standard InChI is InChI=1S/C15H22N4O2/c1-3-18-7-8-21-11(9-18)10-19-12-5-4-6-13(20-2)14(12)17-15(19)16/h4-6,11H,3,7-10H2,1-2H3,(H2,16,17). The molecule has 0 radical (unpaired) electrons. The zero-order valence-corrected chi connectivity index (χ0v) is 12.6. The number of aromatic nitrogens is 2. The molecule has 1 aromatic carbocycles. The van der Waals surface area contributed by atoms with Gasteiger partial charge >= 0.3 is 0 Å². The number of nitrogens with zero attached hydrogens (tertiary/aromatic N) is 3. The minimum Gasteiger partial charge on any atom is -0.494 e. The number of para-hydroxylation sites is 1. The topological polar surface area (TPSA) is 65.5 Å². The van der Waals surface area contributed by atoms with Crippen LogP contribution in [0.1, 0.15) is 6.92 Å². The summed E-state index contributed by atoms with van der Waals surface area (Å²) in [5.41, 5.74) is 7.88. The molecular formula is C15H22N4O2. The molecule has 2 N–H and O–H groups in total. The van der Waals surface area contributed by atoms with Crippen LogP contribution in [-0.4, -0.2) is 53.9 Å². The Morgan fingerprint density at radius 2 is 2.33 bits per heavy atom. The highest BCUT2D eigenvalue weighted by atomic mass is 16.5. The summed E-state index contributed by atoms with van der Waals surface area (Å²) >= 11 is 0. The van der Waals surface area contributed by atoms with Crippen molar-refractivity contribution >= 4 is 17.0 Å². The first-order valence-electron chi connectivity index (χ1n) is 7.35. The van der Waals surface area contributed by atoms with Crippen molar-refractivity contribution in [2.75, 3.05) is 39.1 Å². The van der Waals surface area contributed by atoms with E-state index in [0.717, 1.165) is 43.0 Å². The number of nitrogen functional groups attached to an aromatic ring is 1. The molecule has 0 amide bonds. The Morgan fingerprint density at radius 1 is 1.48 bits per heavy atom. The van der Waals surface area contributed by atoms with Gasteiger partial charge in [0.15, 0.2) is 0 Å². The molecule has 21 heavy (non-hydrogen) atoms. The molecule has 1 aliphatic heterocycles. The summed E-state index contributed by atoms with van der Waals surface area (Å²) in [7, 11) is 1.65. The summed E-state index contributed by atoms with van der Waals surface area (Å²) < 4.78 is 13.2. The van der Waals surface area contributed by atoms with Crippen LogP contribution in [0.25, 0.3) is 11.0 Å². The quantitative estimate of drug-likeness (QED) is 0.920. The van der Waals surface area contributed by atoms with Crippen LogP contribution in [-0.2, 0) is 11.3 Å². The molecule has 1 aliphatic rings. The first kappa shape index (κ1) is 14.2. The summed E-state index contributed by atoms with van der Waals surface area (Å²) in [6, 6.07) is 5.87. The summed E-state index contributed by atoms with van der Waals surface area (Å²) in [5.74, 6) is 1.25. The average molecular weight is 290 g/mol. The van der Waals surface area contributed by atoms with Crippen LogP contribution in [0, 0.1) is 0 Å². The Hall–Kier alpha value is -1.79. The number of methoxy groups -OCH3 is 1. The fourth-order valence-corrected chi connectivity index (χ4v) is 2.88. The van der Waals surface area contributed by atoms with E-state index in [9.17, 15) is 0 Å². The van der Waals surface area contributed by atoms with Gasteiger partial charge in [-0.2, -0.15) is 0 Å². The van der Waals surface area contributed by atoms with E-state index in [1.54, 1.807) is 7.11 Å². The fraction of sp³-hybridized carbons (Fsp3) is 0.533. The molecule has 0 bridgehead atoms. The number of nitrogens with two attached hydrogens (primary N) is 1. The summed E-state index contributed by atoms with van der Waals surface area (Å²) in [6.45, 7) is 6.64. The molecule has 1 atom stereocenters. The van der Waals surface area contributed by atoms with E-state index < -0.39 is 0 Å². The summed E-state index contributed by atoms with van der Waals surface area (Å²) in [6.07, 6.45) is 0.143. The van der Waals surface area contributed by atoms with Gasteiger partial charge in [-0.25, -0.2) is 4.98 Å². The molecular weight excluding hydrogens is 268 g/mol. The van der Waals surface area contributed by atoms with E-state index in [-0.39, 0.29) is 6.10 Å². The van der Waals surface area contributed by atoms with Crippen molar-refractivity contribution in [3.05, 3.63) is 18.2 Å². The van der Waals surface area contributed by atoms with E-state index in [1.807, 2.05) is 22.8 Å². The second-order valence-electron chi connectivity index (χ2n) is 5.29. The van der Waals surface area contributed by atoms with Gasteiger partial charge < -0.3 is 19.8 Å². The van der Waals surface area contributed by atoms with Crippen LogP contribution < -0.4 is 10.5 Å². The Balaban J connectivity index is 1.88. The van der Waals surface area contributed by atoms with Crippen molar-refractivity contribution in [1.29, 1.82) is 0 Å². The number of ether oxygens (including phenoxy) is 2. The van der Waals surface area contributed by atoms with Crippen molar-refractivity contribution in [2.24, 2.45) is 0 Å². The highest BCUT2D eigenvalue weighted by Gasteiger charge is 2.22. The molecule has 0 saturated carbocycles. The van der Waals surface area contributed by atoms with Crippen LogP contribution in [0.2, 0.25) is 0 Å². The van der Waals surface area contributed by atoms with Gasteiger partial charge in [0.2, 0.25) is 5.95 Å². The number of morpholine rings is 1. The molecule has 0 aliphatic carbocycles. The summed E-state index contributed by atoms with van der Waals surface area (Å²) in [5, 5.41) is 0. The number of rotatable bonds is 4. The van der Waals surface area contributed by atoms with Crippen molar-refractivity contribution in [1.82, 2.24) is 14.5 Å². The fourth-order valence-electron chi connectivity index (χ4n) is 2.88. The second-order valence-corrected chi connectivity index (χ2v) is 5.29. The maximum atomic E-state index is 6.09. The van der Waals surface area contributed by atoms with Gasteiger partial charge in [-0.05, 0) is 18.7 Å². The molecule has 1 unspecified atom stereocenters. The summed E-state index contributed by atoms with van der Waals surface area (Å²) in [4.78, 5) is 6.83. The van der Waals surface area contributed by atoms with Gasteiger partial charge in [0.05, 0.1) is 31.9 Å². The number of hydrogen-bond acceptors (Lipinski definition) is 5. The number of benzene rings is 1. The molecule has 2 heterocycles. The average Bonchev–Trinajstić information content (AvgIpc) is 2.83. The molecule has 114 valence electrons. The molecule has 1 fully saturated rings. The lowest BCUT2D eigenvalue weighted by molar-refractivity contribution is -0.0335. The Morgan fingerprint density at radius 3 is 3.10 bits per heavy atom. The first-order valence-corrected chi connectivity index (χ1v) is 7.35. The van der Waals surface area contributed by atoms with Gasteiger partial charge in [0, 0.05) is 13.1 Å². The molecule has 3 rings (SSSR count). The largest absolute Gasteiger partial charge is 0.494 e. The van der Waals surface area contributed by atoms with E-state index in [2.05, 4.69) is 16.8 Å². The Labute approximate surface area is 124 Å².